The number of hydrogen-bond acceptors (Lipinski definition) is 5. The molecular weight excluding hydrogens is 276 g/mol. The minimum Gasteiger partial charge on any atom is -0.388 e. The highest BCUT2D eigenvalue weighted by molar-refractivity contribution is 5.95. The van der Waals surface area contributed by atoms with Gasteiger partial charge in [0.05, 0.1) is 10.5 Å². The van der Waals surface area contributed by atoms with Crippen molar-refractivity contribution in [1.82, 2.24) is 5.32 Å². The SMILES string of the molecule is Cc1ccc(C(=O)NCC2(O)CCOCC2)cc1[N+](=O)[O-]. The summed E-state index contributed by atoms with van der Waals surface area (Å²) in [5, 5.41) is 23.8. The first kappa shape index (κ1) is 15.4. The van der Waals surface area contributed by atoms with E-state index in [9.17, 15) is 20.0 Å². The number of nitrogens with one attached hydrogen (secondary N) is 1. The van der Waals surface area contributed by atoms with Gasteiger partial charge in [-0.3, -0.25) is 14.9 Å². The lowest BCUT2D eigenvalue weighted by Crippen LogP contribution is -2.46. The van der Waals surface area contributed by atoms with Gasteiger partial charge in [0.15, 0.2) is 0 Å². The van der Waals surface area contributed by atoms with Gasteiger partial charge in [0.1, 0.15) is 0 Å². The number of carbonyl (C=O) groups excluding carboxylic acids is 1. The van der Waals surface area contributed by atoms with Gasteiger partial charge in [-0.1, -0.05) is 6.07 Å². The Morgan fingerprint density at radius 2 is 2.14 bits per heavy atom. The van der Waals surface area contributed by atoms with Crippen molar-refractivity contribution in [3.05, 3.63) is 39.4 Å². The van der Waals surface area contributed by atoms with E-state index >= 15 is 0 Å². The number of rotatable bonds is 4. The number of benzene rings is 1. The Labute approximate surface area is 122 Å². The van der Waals surface area contributed by atoms with Gasteiger partial charge in [0, 0.05) is 49.8 Å². The van der Waals surface area contributed by atoms with E-state index in [1.165, 1.54) is 18.2 Å². The number of nitro groups is 1. The summed E-state index contributed by atoms with van der Waals surface area (Å²) in [6, 6.07) is 4.32. The van der Waals surface area contributed by atoms with Gasteiger partial charge in [-0.25, -0.2) is 0 Å². The van der Waals surface area contributed by atoms with Crippen molar-refractivity contribution in [2.75, 3.05) is 19.8 Å². The summed E-state index contributed by atoms with van der Waals surface area (Å²) in [5.41, 5.74) is -0.347. The predicted octanol–water partition coefficient (Wildman–Crippen LogP) is 1.17. The van der Waals surface area contributed by atoms with Crippen LogP contribution in [0.1, 0.15) is 28.8 Å². The Morgan fingerprint density at radius 1 is 1.48 bits per heavy atom. The summed E-state index contributed by atoms with van der Waals surface area (Å²) >= 11 is 0. The van der Waals surface area contributed by atoms with E-state index in [2.05, 4.69) is 5.32 Å². The van der Waals surface area contributed by atoms with E-state index in [4.69, 9.17) is 4.74 Å². The molecule has 0 unspecified atom stereocenters. The molecule has 1 aromatic rings. The summed E-state index contributed by atoms with van der Waals surface area (Å²) in [5.74, 6) is -0.432. The minimum atomic E-state index is -0.968. The van der Waals surface area contributed by atoms with Crippen molar-refractivity contribution in [1.29, 1.82) is 0 Å². The third-order valence-corrected chi connectivity index (χ3v) is 3.67. The molecule has 0 aromatic heterocycles. The predicted molar refractivity (Wildman–Crippen MR) is 75.2 cm³/mol. The number of aliphatic hydroxyl groups is 1. The Kier molecular flexibility index (Phi) is 4.54. The lowest BCUT2D eigenvalue weighted by atomic mass is 9.94. The van der Waals surface area contributed by atoms with E-state index in [-0.39, 0.29) is 17.8 Å². The van der Waals surface area contributed by atoms with Crippen LogP contribution in [-0.2, 0) is 4.74 Å². The van der Waals surface area contributed by atoms with Crippen LogP contribution in [0, 0.1) is 17.0 Å². The fourth-order valence-electron chi connectivity index (χ4n) is 2.22. The third kappa shape index (κ3) is 3.77. The Hall–Kier alpha value is -1.99. The molecule has 0 bridgehead atoms. The highest BCUT2D eigenvalue weighted by atomic mass is 16.6. The van der Waals surface area contributed by atoms with Gasteiger partial charge in [0.2, 0.25) is 0 Å². The lowest BCUT2D eigenvalue weighted by Gasteiger charge is -2.32. The minimum absolute atomic E-state index is 0.0903. The first-order valence-corrected chi connectivity index (χ1v) is 6.75. The molecule has 7 heteroatoms. The topological polar surface area (TPSA) is 102 Å². The van der Waals surface area contributed by atoms with Crippen molar-refractivity contribution in [3.8, 4) is 0 Å². The van der Waals surface area contributed by atoms with Crippen LogP contribution in [0.15, 0.2) is 18.2 Å². The Morgan fingerprint density at radius 3 is 2.76 bits per heavy atom. The normalized spacial score (nSPS) is 17.2. The molecule has 1 aliphatic heterocycles. The van der Waals surface area contributed by atoms with E-state index < -0.39 is 16.4 Å². The van der Waals surface area contributed by atoms with Crippen LogP contribution in [0.5, 0.6) is 0 Å². The average molecular weight is 294 g/mol. The number of carbonyl (C=O) groups is 1. The van der Waals surface area contributed by atoms with E-state index in [1.807, 2.05) is 0 Å². The average Bonchev–Trinajstić information content (AvgIpc) is 2.46. The molecule has 21 heavy (non-hydrogen) atoms. The molecular formula is C14H18N2O5. The maximum atomic E-state index is 12.0. The van der Waals surface area contributed by atoms with Crippen molar-refractivity contribution >= 4 is 11.6 Å². The van der Waals surface area contributed by atoms with Crippen molar-refractivity contribution in [2.24, 2.45) is 0 Å². The number of nitrogens with zero attached hydrogens (tertiary/aromatic N) is 1. The molecule has 0 saturated carbocycles. The van der Waals surface area contributed by atoms with Gasteiger partial charge in [-0.15, -0.1) is 0 Å². The second-order valence-electron chi connectivity index (χ2n) is 5.28. The molecule has 7 nitrogen and oxygen atoms in total. The number of amides is 1. The van der Waals surface area contributed by atoms with Crippen LogP contribution in [-0.4, -0.2) is 41.3 Å². The zero-order chi connectivity index (χ0) is 15.5. The summed E-state index contributed by atoms with van der Waals surface area (Å²) in [7, 11) is 0. The molecule has 114 valence electrons. The smallest absolute Gasteiger partial charge is 0.273 e. The molecule has 1 amide bonds. The largest absolute Gasteiger partial charge is 0.388 e. The number of hydrogen-bond donors (Lipinski definition) is 2. The zero-order valence-corrected chi connectivity index (χ0v) is 11.8. The zero-order valence-electron chi connectivity index (χ0n) is 11.8. The first-order chi connectivity index (χ1) is 9.91. The molecule has 2 N–H and O–H groups in total. The molecule has 2 rings (SSSR count). The molecule has 1 aromatic carbocycles. The molecule has 1 heterocycles. The molecule has 1 aliphatic rings. The quantitative estimate of drug-likeness (QED) is 0.641. The van der Waals surface area contributed by atoms with Crippen molar-refractivity contribution in [2.45, 2.75) is 25.4 Å². The van der Waals surface area contributed by atoms with E-state index in [0.717, 1.165) is 0 Å². The second-order valence-corrected chi connectivity index (χ2v) is 5.28. The van der Waals surface area contributed by atoms with Gasteiger partial charge in [-0.05, 0) is 13.0 Å². The van der Waals surface area contributed by atoms with Gasteiger partial charge >= 0.3 is 0 Å². The second kappa shape index (κ2) is 6.19. The summed E-state index contributed by atoms with van der Waals surface area (Å²) in [4.78, 5) is 22.4. The fraction of sp³-hybridized carbons (Fsp3) is 0.500. The molecule has 0 aliphatic carbocycles. The molecule has 0 spiro atoms. The molecule has 1 fully saturated rings. The monoisotopic (exact) mass is 294 g/mol. The van der Waals surface area contributed by atoms with Gasteiger partial charge < -0.3 is 15.2 Å². The van der Waals surface area contributed by atoms with Gasteiger partial charge in [0.25, 0.3) is 11.6 Å². The lowest BCUT2D eigenvalue weighted by molar-refractivity contribution is -0.385. The molecule has 0 radical (unpaired) electrons. The molecule has 0 atom stereocenters. The maximum absolute atomic E-state index is 12.0. The van der Waals surface area contributed by atoms with Crippen LogP contribution in [0.4, 0.5) is 5.69 Å². The van der Waals surface area contributed by atoms with Crippen LogP contribution >= 0.6 is 0 Å². The first-order valence-electron chi connectivity index (χ1n) is 6.75. The summed E-state index contributed by atoms with van der Waals surface area (Å²) in [6.45, 7) is 2.65. The number of nitro benzene ring substituents is 1. The highest BCUT2D eigenvalue weighted by Crippen LogP contribution is 2.21. The maximum Gasteiger partial charge on any atom is 0.273 e. The van der Waals surface area contributed by atoms with Gasteiger partial charge in [-0.2, -0.15) is 0 Å². The van der Waals surface area contributed by atoms with E-state index in [0.29, 0.717) is 31.6 Å². The molecule has 1 saturated heterocycles. The van der Waals surface area contributed by atoms with Crippen molar-refractivity contribution in [3.63, 3.8) is 0 Å². The van der Waals surface area contributed by atoms with E-state index in [1.54, 1.807) is 6.92 Å². The Bertz CT molecular complexity index is 552. The number of ether oxygens (including phenoxy) is 1. The summed E-state index contributed by atoms with van der Waals surface area (Å²) in [6.07, 6.45) is 0.919. The van der Waals surface area contributed by atoms with Crippen molar-refractivity contribution < 1.29 is 19.6 Å². The van der Waals surface area contributed by atoms with Crippen LogP contribution < -0.4 is 5.32 Å². The summed E-state index contributed by atoms with van der Waals surface area (Å²) < 4.78 is 5.16. The number of aryl methyl sites for hydroxylation is 1. The van der Waals surface area contributed by atoms with Crippen LogP contribution in [0.2, 0.25) is 0 Å². The van der Waals surface area contributed by atoms with Crippen LogP contribution in [0.3, 0.4) is 0 Å². The fourth-order valence-corrected chi connectivity index (χ4v) is 2.22. The highest BCUT2D eigenvalue weighted by Gasteiger charge is 2.30. The van der Waals surface area contributed by atoms with Crippen LogP contribution in [0.25, 0.3) is 0 Å². The Balaban J connectivity index is 2.03. The third-order valence-electron chi connectivity index (χ3n) is 3.67. The standard InChI is InChI=1S/C14H18N2O5/c1-10-2-3-11(8-12(10)16(19)20)13(17)15-9-14(18)4-6-21-7-5-14/h2-3,8,18H,4-7,9H2,1H3,(H,15,17).